The van der Waals surface area contributed by atoms with Crippen LogP contribution in [0.5, 0.6) is 0 Å². The molecule has 3 atom stereocenters. The Morgan fingerprint density at radius 3 is 1.59 bits per heavy atom. The van der Waals surface area contributed by atoms with Crippen molar-refractivity contribution < 1.29 is 20.1 Å². The van der Waals surface area contributed by atoms with Crippen LogP contribution in [0.15, 0.2) is 24.3 Å². The topological polar surface area (TPSA) is 89.8 Å². The summed E-state index contributed by atoms with van der Waals surface area (Å²) >= 11 is 0. The number of amides is 1. The van der Waals surface area contributed by atoms with Crippen molar-refractivity contribution in [2.45, 2.75) is 193 Å². The zero-order valence-electron chi connectivity index (χ0n) is 27.2. The summed E-state index contributed by atoms with van der Waals surface area (Å²) in [6.45, 7) is 4.11. The zero-order chi connectivity index (χ0) is 30.2. The van der Waals surface area contributed by atoms with Gasteiger partial charge in [0.05, 0.1) is 18.8 Å². The summed E-state index contributed by atoms with van der Waals surface area (Å²) in [6.07, 6.45) is 35.5. The van der Waals surface area contributed by atoms with Gasteiger partial charge >= 0.3 is 0 Å². The van der Waals surface area contributed by atoms with Crippen molar-refractivity contribution in [3.05, 3.63) is 24.3 Å². The minimum atomic E-state index is -1.13. The van der Waals surface area contributed by atoms with E-state index >= 15 is 0 Å². The monoisotopic (exact) mass is 580 g/mol. The Balaban J connectivity index is 3.71. The standard InChI is InChI=1S/C36H69NO4/c1-3-5-7-9-11-13-15-16-17-18-19-20-21-23-25-27-29-31-35(40)37-33(32-38)36(41)34(39)30-28-26-24-22-14-12-10-8-6-4-2/h11,13,16-17,33-34,36,38-39,41H,3-10,12,14-15,18-32H2,1-2H3,(H,37,40)/b13-11-,17-16-. The van der Waals surface area contributed by atoms with Gasteiger partial charge in [-0.3, -0.25) is 4.79 Å². The van der Waals surface area contributed by atoms with Crippen LogP contribution in [0.4, 0.5) is 0 Å². The highest BCUT2D eigenvalue weighted by Crippen LogP contribution is 2.15. The van der Waals surface area contributed by atoms with E-state index in [4.69, 9.17) is 0 Å². The lowest BCUT2D eigenvalue weighted by atomic mass is 9.99. The Bertz CT molecular complexity index is 606. The highest BCUT2D eigenvalue weighted by molar-refractivity contribution is 5.76. The number of hydrogen-bond acceptors (Lipinski definition) is 4. The van der Waals surface area contributed by atoms with E-state index in [2.05, 4.69) is 43.5 Å². The lowest BCUT2D eigenvalue weighted by molar-refractivity contribution is -0.124. The molecule has 0 aliphatic rings. The first kappa shape index (κ1) is 39.8. The number of nitrogens with one attached hydrogen (secondary N) is 1. The smallest absolute Gasteiger partial charge is 0.220 e. The molecule has 0 fully saturated rings. The number of allylic oxidation sites excluding steroid dienone is 4. The Kier molecular flexibility index (Phi) is 30.9. The SMILES string of the molecule is CCCCC/C=C\C/C=C\CCCCCCCCCC(=O)NC(CO)C(O)C(O)CCCCCCCCCCCC. The number of hydrogen-bond donors (Lipinski definition) is 4. The molecule has 0 radical (unpaired) electrons. The van der Waals surface area contributed by atoms with Crippen LogP contribution in [-0.4, -0.2) is 46.1 Å². The van der Waals surface area contributed by atoms with Crippen LogP contribution >= 0.6 is 0 Å². The van der Waals surface area contributed by atoms with Crippen LogP contribution in [0.25, 0.3) is 0 Å². The number of aliphatic hydroxyl groups is 3. The molecule has 5 nitrogen and oxygen atoms in total. The summed E-state index contributed by atoms with van der Waals surface area (Å²) in [4.78, 5) is 12.3. The molecule has 0 aliphatic carbocycles. The van der Waals surface area contributed by atoms with Gasteiger partial charge in [-0.1, -0.05) is 147 Å². The molecule has 0 rings (SSSR count). The first-order valence-electron chi connectivity index (χ1n) is 17.6. The Hall–Kier alpha value is -1.17. The highest BCUT2D eigenvalue weighted by Gasteiger charge is 2.26. The molecule has 41 heavy (non-hydrogen) atoms. The molecule has 0 aromatic carbocycles. The fourth-order valence-corrected chi connectivity index (χ4v) is 5.25. The average Bonchev–Trinajstić information content (AvgIpc) is 2.97. The van der Waals surface area contributed by atoms with Crippen molar-refractivity contribution in [2.24, 2.45) is 0 Å². The second-order valence-corrected chi connectivity index (χ2v) is 12.1. The van der Waals surface area contributed by atoms with Crippen LogP contribution < -0.4 is 5.32 Å². The third-order valence-corrected chi connectivity index (χ3v) is 8.06. The van der Waals surface area contributed by atoms with E-state index in [1.165, 1.54) is 96.3 Å². The molecule has 0 bridgehead atoms. The molecule has 0 spiro atoms. The molecule has 3 unspecified atom stereocenters. The normalized spacial score (nSPS) is 14.2. The minimum absolute atomic E-state index is 0.156. The lowest BCUT2D eigenvalue weighted by Crippen LogP contribution is -2.50. The summed E-state index contributed by atoms with van der Waals surface area (Å²) in [5, 5.41) is 33.2. The number of aliphatic hydroxyl groups excluding tert-OH is 3. The fourth-order valence-electron chi connectivity index (χ4n) is 5.25. The molecule has 0 aromatic rings. The van der Waals surface area contributed by atoms with Gasteiger partial charge < -0.3 is 20.6 Å². The van der Waals surface area contributed by atoms with Crippen molar-refractivity contribution >= 4 is 5.91 Å². The lowest BCUT2D eigenvalue weighted by Gasteiger charge is -2.26. The van der Waals surface area contributed by atoms with Gasteiger partial charge in [-0.15, -0.1) is 0 Å². The predicted molar refractivity (Wildman–Crippen MR) is 176 cm³/mol. The van der Waals surface area contributed by atoms with Crippen molar-refractivity contribution in [3.63, 3.8) is 0 Å². The van der Waals surface area contributed by atoms with Gasteiger partial charge in [-0.2, -0.15) is 0 Å². The number of carbonyl (C=O) groups excluding carboxylic acids is 1. The third-order valence-electron chi connectivity index (χ3n) is 8.06. The van der Waals surface area contributed by atoms with Crippen LogP contribution in [0, 0.1) is 0 Å². The summed E-state index contributed by atoms with van der Waals surface area (Å²) < 4.78 is 0. The van der Waals surface area contributed by atoms with Gasteiger partial charge in [0.15, 0.2) is 0 Å². The molecular weight excluding hydrogens is 510 g/mol. The van der Waals surface area contributed by atoms with E-state index in [1.807, 2.05) is 0 Å². The molecule has 242 valence electrons. The number of unbranched alkanes of at least 4 members (excludes halogenated alkanes) is 19. The van der Waals surface area contributed by atoms with Gasteiger partial charge in [-0.05, 0) is 44.9 Å². The van der Waals surface area contributed by atoms with E-state index in [9.17, 15) is 20.1 Å². The van der Waals surface area contributed by atoms with Crippen LogP contribution in [0.3, 0.4) is 0 Å². The molecule has 0 heterocycles. The minimum Gasteiger partial charge on any atom is -0.394 e. The summed E-state index contributed by atoms with van der Waals surface area (Å²) in [5.74, 6) is -0.156. The Morgan fingerprint density at radius 2 is 1.05 bits per heavy atom. The maximum Gasteiger partial charge on any atom is 0.220 e. The average molecular weight is 580 g/mol. The van der Waals surface area contributed by atoms with Gasteiger partial charge in [0.2, 0.25) is 5.91 Å². The largest absolute Gasteiger partial charge is 0.394 e. The van der Waals surface area contributed by atoms with Gasteiger partial charge in [0, 0.05) is 6.42 Å². The molecule has 4 N–H and O–H groups in total. The van der Waals surface area contributed by atoms with Crippen molar-refractivity contribution in [1.82, 2.24) is 5.32 Å². The fraction of sp³-hybridized carbons (Fsp3) is 0.861. The summed E-state index contributed by atoms with van der Waals surface area (Å²) in [6, 6.07) is -0.809. The molecule has 1 amide bonds. The van der Waals surface area contributed by atoms with Crippen molar-refractivity contribution in [3.8, 4) is 0 Å². The maximum absolute atomic E-state index is 12.3. The van der Waals surface area contributed by atoms with Crippen LogP contribution in [-0.2, 0) is 4.79 Å². The molecule has 0 saturated carbocycles. The Morgan fingerprint density at radius 1 is 0.610 bits per heavy atom. The molecule has 0 aliphatic heterocycles. The Labute approximate surface area is 254 Å². The van der Waals surface area contributed by atoms with Gasteiger partial charge in [0.25, 0.3) is 0 Å². The van der Waals surface area contributed by atoms with Crippen LogP contribution in [0.1, 0.15) is 174 Å². The van der Waals surface area contributed by atoms with Gasteiger partial charge in [0.1, 0.15) is 6.10 Å². The van der Waals surface area contributed by atoms with Crippen LogP contribution in [0.2, 0.25) is 0 Å². The zero-order valence-corrected chi connectivity index (χ0v) is 27.2. The first-order valence-corrected chi connectivity index (χ1v) is 17.6. The second kappa shape index (κ2) is 31.8. The maximum atomic E-state index is 12.3. The predicted octanol–water partition coefficient (Wildman–Crippen LogP) is 9.09. The molecule has 5 heteroatoms. The van der Waals surface area contributed by atoms with E-state index < -0.39 is 18.2 Å². The third kappa shape index (κ3) is 27.4. The first-order chi connectivity index (χ1) is 20.1. The summed E-state index contributed by atoms with van der Waals surface area (Å²) in [5.41, 5.74) is 0. The molecule has 0 saturated heterocycles. The van der Waals surface area contributed by atoms with Gasteiger partial charge in [-0.25, -0.2) is 0 Å². The molecule has 0 aromatic heterocycles. The van der Waals surface area contributed by atoms with E-state index in [0.29, 0.717) is 12.8 Å². The molecular formula is C36H69NO4. The number of carbonyl (C=O) groups is 1. The van der Waals surface area contributed by atoms with Crippen molar-refractivity contribution in [2.75, 3.05) is 6.61 Å². The number of rotatable bonds is 31. The van der Waals surface area contributed by atoms with E-state index in [0.717, 1.165) is 51.4 Å². The second-order valence-electron chi connectivity index (χ2n) is 12.1. The quantitative estimate of drug-likeness (QED) is 0.0487. The van der Waals surface area contributed by atoms with E-state index in [-0.39, 0.29) is 12.5 Å². The summed E-state index contributed by atoms with van der Waals surface area (Å²) in [7, 11) is 0. The highest BCUT2D eigenvalue weighted by atomic mass is 16.3. The van der Waals surface area contributed by atoms with E-state index in [1.54, 1.807) is 0 Å². The van der Waals surface area contributed by atoms with Crippen molar-refractivity contribution in [1.29, 1.82) is 0 Å².